The molecule has 88 valence electrons. The van der Waals surface area contributed by atoms with E-state index in [1.807, 2.05) is 48.3 Å². The van der Waals surface area contributed by atoms with E-state index in [4.69, 9.17) is 0 Å². The van der Waals surface area contributed by atoms with E-state index in [-0.39, 0.29) is 12.4 Å². The molecule has 3 rings (SSSR count). The summed E-state index contributed by atoms with van der Waals surface area (Å²) in [4.78, 5) is 7.97. The molecule has 0 fully saturated rings. The van der Waals surface area contributed by atoms with Crippen LogP contribution in [-0.4, -0.2) is 14.5 Å². The number of pyridine rings is 1. The van der Waals surface area contributed by atoms with Crippen LogP contribution < -0.4 is 0 Å². The normalized spacial score (nSPS) is 9.00. The minimum absolute atomic E-state index is 0. The maximum absolute atomic E-state index is 4.18. The molecule has 2 aromatic heterocycles. The van der Waals surface area contributed by atoms with Crippen LogP contribution in [-0.2, 0) is 7.05 Å². The number of rotatable bonds is 0. The first-order valence-corrected chi connectivity index (χ1v) is 5.08. The monoisotopic (exact) mass is 247 g/mol. The maximum atomic E-state index is 4.18. The summed E-state index contributed by atoms with van der Waals surface area (Å²) in [6, 6.07) is 12.1. The third kappa shape index (κ3) is 3.89. The lowest BCUT2D eigenvalue weighted by Gasteiger charge is -1.91. The molecule has 4 heteroatoms. The third-order valence-electron chi connectivity index (χ3n) is 2.15. The Morgan fingerprint density at radius 3 is 2.35 bits per heavy atom. The summed E-state index contributed by atoms with van der Waals surface area (Å²) < 4.78 is 1.89. The van der Waals surface area contributed by atoms with Crippen LogP contribution >= 0.6 is 12.4 Å². The Morgan fingerprint density at radius 2 is 1.76 bits per heavy atom. The van der Waals surface area contributed by atoms with Gasteiger partial charge in [-0.3, -0.25) is 4.98 Å². The number of aryl methyl sites for hydroxylation is 1. The first-order valence-electron chi connectivity index (χ1n) is 5.08. The van der Waals surface area contributed by atoms with Gasteiger partial charge in [-0.25, -0.2) is 4.98 Å². The molecular formula is C13H14ClN3. The van der Waals surface area contributed by atoms with E-state index >= 15 is 0 Å². The van der Waals surface area contributed by atoms with Crippen molar-refractivity contribution in [3.8, 4) is 0 Å². The molecule has 0 atom stereocenters. The Hall–Kier alpha value is -1.87. The van der Waals surface area contributed by atoms with Crippen molar-refractivity contribution >= 4 is 23.3 Å². The van der Waals surface area contributed by atoms with Crippen molar-refractivity contribution in [2.24, 2.45) is 7.05 Å². The Labute approximate surface area is 107 Å². The minimum atomic E-state index is 0. The van der Waals surface area contributed by atoms with E-state index in [2.05, 4.69) is 22.1 Å². The quantitative estimate of drug-likeness (QED) is 0.611. The fraction of sp³-hybridized carbons (Fsp3) is 0.0769. The van der Waals surface area contributed by atoms with Gasteiger partial charge >= 0.3 is 0 Å². The first kappa shape index (κ1) is 13.2. The second-order valence-corrected chi connectivity index (χ2v) is 3.42. The molecule has 1 aromatic carbocycles. The Bertz CT molecular complexity index is 484. The lowest BCUT2D eigenvalue weighted by molar-refractivity contribution is 0.913. The second kappa shape index (κ2) is 6.66. The molecule has 2 heterocycles. The Balaban J connectivity index is 0.000000180. The first-order chi connectivity index (χ1) is 7.86. The molecule has 0 aliphatic heterocycles. The van der Waals surface area contributed by atoms with Gasteiger partial charge in [0.1, 0.15) is 0 Å². The highest BCUT2D eigenvalue weighted by Gasteiger charge is 1.86. The number of benzene rings is 1. The maximum Gasteiger partial charge on any atom is 0.0943 e. The molecule has 0 saturated heterocycles. The number of imidazole rings is 1. The van der Waals surface area contributed by atoms with E-state index in [0.717, 1.165) is 5.52 Å². The summed E-state index contributed by atoms with van der Waals surface area (Å²) in [5.41, 5.74) is 1.06. The van der Waals surface area contributed by atoms with Gasteiger partial charge < -0.3 is 4.57 Å². The molecule has 0 saturated carbocycles. The number of aromatic nitrogens is 3. The zero-order valence-electron chi connectivity index (χ0n) is 9.52. The van der Waals surface area contributed by atoms with Crippen LogP contribution in [0, 0.1) is 0 Å². The van der Waals surface area contributed by atoms with E-state index in [1.165, 1.54) is 5.39 Å². The molecule has 3 aromatic rings. The Kier molecular flexibility index (Phi) is 5.17. The van der Waals surface area contributed by atoms with Gasteiger partial charge in [0.2, 0.25) is 0 Å². The van der Waals surface area contributed by atoms with Gasteiger partial charge in [-0.1, -0.05) is 24.3 Å². The van der Waals surface area contributed by atoms with Crippen molar-refractivity contribution < 1.29 is 0 Å². The lowest BCUT2D eigenvalue weighted by atomic mass is 10.2. The van der Waals surface area contributed by atoms with Gasteiger partial charge in [-0.05, 0) is 12.1 Å². The topological polar surface area (TPSA) is 30.7 Å². The van der Waals surface area contributed by atoms with E-state index < -0.39 is 0 Å². The predicted octanol–water partition coefficient (Wildman–Crippen LogP) is 3.08. The van der Waals surface area contributed by atoms with Gasteiger partial charge in [0, 0.05) is 31.0 Å². The second-order valence-electron chi connectivity index (χ2n) is 3.42. The number of para-hydroxylation sites is 1. The third-order valence-corrected chi connectivity index (χ3v) is 2.15. The average Bonchev–Trinajstić information content (AvgIpc) is 2.81. The highest BCUT2D eigenvalue weighted by molar-refractivity contribution is 5.85. The van der Waals surface area contributed by atoms with Crippen LogP contribution in [0.5, 0.6) is 0 Å². The smallest absolute Gasteiger partial charge is 0.0943 e. The van der Waals surface area contributed by atoms with Crippen molar-refractivity contribution in [3.63, 3.8) is 0 Å². The van der Waals surface area contributed by atoms with Crippen molar-refractivity contribution in [1.82, 2.24) is 14.5 Å². The van der Waals surface area contributed by atoms with Crippen LogP contribution in [0.15, 0.2) is 61.3 Å². The predicted molar refractivity (Wildman–Crippen MR) is 72.2 cm³/mol. The molecule has 0 aliphatic rings. The van der Waals surface area contributed by atoms with Crippen LogP contribution in [0.4, 0.5) is 0 Å². The standard InChI is InChI=1S/C9H7N.C4H6N2.ClH/c1-2-6-9-8(4-1)5-3-7-10-9;1-6-3-2-5-4-6;/h1-7H;2-4H,1H3;1H. The lowest BCUT2D eigenvalue weighted by Crippen LogP contribution is -1.76. The van der Waals surface area contributed by atoms with E-state index in [0.29, 0.717) is 0 Å². The fourth-order valence-corrected chi connectivity index (χ4v) is 1.34. The SMILES string of the molecule is Cl.Cn1ccnc1.c1ccc2ncccc2c1. The van der Waals surface area contributed by atoms with E-state index in [1.54, 1.807) is 12.5 Å². The van der Waals surface area contributed by atoms with Gasteiger partial charge in [-0.2, -0.15) is 0 Å². The van der Waals surface area contributed by atoms with Gasteiger partial charge in [0.05, 0.1) is 11.8 Å². The molecular weight excluding hydrogens is 234 g/mol. The summed E-state index contributed by atoms with van der Waals surface area (Å²) in [7, 11) is 1.94. The molecule has 0 aliphatic carbocycles. The van der Waals surface area contributed by atoms with Crippen LogP contribution in [0.1, 0.15) is 0 Å². The molecule has 0 N–H and O–H groups in total. The largest absolute Gasteiger partial charge is 0.341 e. The summed E-state index contributed by atoms with van der Waals surface area (Å²) >= 11 is 0. The summed E-state index contributed by atoms with van der Waals surface area (Å²) in [6.45, 7) is 0. The molecule has 0 radical (unpaired) electrons. The van der Waals surface area contributed by atoms with Crippen molar-refractivity contribution in [2.45, 2.75) is 0 Å². The van der Waals surface area contributed by atoms with Crippen molar-refractivity contribution in [1.29, 1.82) is 0 Å². The molecule has 0 bridgehead atoms. The van der Waals surface area contributed by atoms with E-state index in [9.17, 15) is 0 Å². The molecule has 3 nitrogen and oxygen atoms in total. The van der Waals surface area contributed by atoms with Crippen molar-refractivity contribution in [2.75, 3.05) is 0 Å². The summed E-state index contributed by atoms with van der Waals surface area (Å²) in [6.07, 6.45) is 7.20. The van der Waals surface area contributed by atoms with Gasteiger partial charge in [0.25, 0.3) is 0 Å². The number of hydrogen-bond acceptors (Lipinski definition) is 2. The molecule has 0 amide bonds. The number of halogens is 1. The zero-order chi connectivity index (χ0) is 11.2. The van der Waals surface area contributed by atoms with Gasteiger partial charge in [-0.15, -0.1) is 12.4 Å². The minimum Gasteiger partial charge on any atom is -0.341 e. The van der Waals surface area contributed by atoms with Gasteiger partial charge in [0.15, 0.2) is 0 Å². The van der Waals surface area contributed by atoms with Crippen LogP contribution in [0.25, 0.3) is 10.9 Å². The summed E-state index contributed by atoms with van der Waals surface area (Å²) in [5, 5.41) is 1.20. The van der Waals surface area contributed by atoms with Crippen LogP contribution in [0.3, 0.4) is 0 Å². The van der Waals surface area contributed by atoms with Crippen LogP contribution in [0.2, 0.25) is 0 Å². The highest BCUT2D eigenvalue weighted by atomic mass is 35.5. The molecule has 17 heavy (non-hydrogen) atoms. The molecule has 0 spiro atoms. The fourth-order valence-electron chi connectivity index (χ4n) is 1.34. The zero-order valence-corrected chi connectivity index (χ0v) is 10.3. The number of nitrogens with zero attached hydrogens (tertiary/aromatic N) is 3. The summed E-state index contributed by atoms with van der Waals surface area (Å²) in [5.74, 6) is 0. The van der Waals surface area contributed by atoms with Crippen molar-refractivity contribution in [3.05, 3.63) is 61.3 Å². The highest BCUT2D eigenvalue weighted by Crippen LogP contribution is 2.07. The Morgan fingerprint density at radius 1 is 1.00 bits per heavy atom. The molecule has 0 unspecified atom stereocenters. The number of hydrogen-bond donors (Lipinski definition) is 0. The average molecular weight is 248 g/mol. The number of fused-ring (bicyclic) bond motifs is 1.